The van der Waals surface area contributed by atoms with Crippen molar-refractivity contribution in [2.45, 2.75) is 18.8 Å². The molecule has 2 aromatic rings. The van der Waals surface area contributed by atoms with Crippen molar-refractivity contribution < 1.29 is 4.74 Å². The second kappa shape index (κ2) is 5.85. The van der Waals surface area contributed by atoms with Gasteiger partial charge in [0.25, 0.3) is 0 Å². The summed E-state index contributed by atoms with van der Waals surface area (Å²) < 4.78 is 5.35. The number of benzene rings is 1. The second-order valence-corrected chi connectivity index (χ2v) is 5.56. The predicted octanol–water partition coefficient (Wildman–Crippen LogP) is 2.31. The van der Waals surface area contributed by atoms with Crippen LogP contribution in [0.25, 0.3) is 10.9 Å². The number of aromatic amines is 1. The zero-order chi connectivity index (χ0) is 13.9. The Hall–Kier alpha value is -1.52. The van der Waals surface area contributed by atoms with Gasteiger partial charge in [-0.3, -0.25) is 0 Å². The molecule has 1 saturated heterocycles. The van der Waals surface area contributed by atoms with E-state index in [-0.39, 0.29) is 0 Å². The fraction of sp³-hybridized carbons (Fsp3) is 0.500. The number of ether oxygens (including phenoxy) is 1. The number of hydrogen-bond acceptors (Lipinski definition) is 3. The maximum absolute atomic E-state index is 5.63. The lowest BCUT2D eigenvalue weighted by atomic mass is 9.89. The molecule has 1 aromatic heterocycles. The van der Waals surface area contributed by atoms with Crippen molar-refractivity contribution in [3.05, 3.63) is 30.0 Å². The van der Waals surface area contributed by atoms with Gasteiger partial charge in [-0.25, -0.2) is 0 Å². The summed E-state index contributed by atoms with van der Waals surface area (Å²) in [6.45, 7) is 4.08. The molecule has 0 radical (unpaired) electrons. The van der Waals surface area contributed by atoms with Crippen LogP contribution in [0.5, 0.6) is 5.75 Å². The quantitative estimate of drug-likeness (QED) is 0.899. The lowest BCUT2D eigenvalue weighted by Gasteiger charge is -2.31. The van der Waals surface area contributed by atoms with Gasteiger partial charge in [0.05, 0.1) is 7.11 Å². The summed E-state index contributed by atoms with van der Waals surface area (Å²) in [6, 6.07) is 6.25. The summed E-state index contributed by atoms with van der Waals surface area (Å²) >= 11 is 0. The summed E-state index contributed by atoms with van der Waals surface area (Å²) in [5, 5.41) is 1.31. The first-order chi connectivity index (χ1) is 9.81. The van der Waals surface area contributed by atoms with Gasteiger partial charge >= 0.3 is 0 Å². The third kappa shape index (κ3) is 2.53. The monoisotopic (exact) mass is 273 g/mol. The first-order valence-corrected chi connectivity index (χ1v) is 7.39. The zero-order valence-electron chi connectivity index (χ0n) is 12.1. The van der Waals surface area contributed by atoms with Crippen LogP contribution < -0.4 is 10.5 Å². The molecule has 4 heteroatoms. The van der Waals surface area contributed by atoms with Crippen LogP contribution in [0.15, 0.2) is 24.4 Å². The Morgan fingerprint density at radius 1 is 1.35 bits per heavy atom. The van der Waals surface area contributed by atoms with Crippen molar-refractivity contribution in [2.75, 3.05) is 33.3 Å². The van der Waals surface area contributed by atoms with Gasteiger partial charge in [0.2, 0.25) is 0 Å². The highest BCUT2D eigenvalue weighted by atomic mass is 16.5. The first kappa shape index (κ1) is 13.5. The first-order valence-electron chi connectivity index (χ1n) is 7.39. The van der Waals surface area contributed by atoms with Gasteiger partial charge in [-0.1, -0.05) is 0 Å². The van der Waals surface area contributed by atoms with Crippen LogP contribution in [0.2, 0.25) is 0 Å². The van der Waals surface area contributed by atoms with Gasteiger partial charge in [-0.15, -0.1) is 0 Å². The topological polar surface area (TPSA) is 54.3 Å². The zero-order valence-corrected chi connectivity index (χ0v) is 12.1. The van der Waals surface area contributed by atoms with Crippen LogP contribution in [-0.2, 0) is 0 Å². The predicted molar refractivity (Wildman–Crippen MR) is 82.3 cm³/mol. The average Bonchev–Trinajstić information content (AvgIpc) is 2.91. The van der Waals surface area contributed by atoms with E-state index in [1.165, 1.54) is 29.3 Å². The minimum Gasteiger partial charge on any atom is -0.497 e. The van der Waals surface area contributed by atoms with E-state index in [9.17, 15) is 0 Å². The highest BCUT2D eigenvalue weighted by molar-refractivity contribution is 5.85. The second-order valence-electron chi connectivity index (χ2n) is 5.56. The number of nitrogens with one attached hydrogen (secondary N) is 1. The van der Waals surface area contributed by atoms with Crippen molar-refractivity contribution in [2.24, 2.45) is 5.73 Å². The molecule has 0 spiro atoms. The average molecular weight is 273 g/mol. The molecule has 3 N–H and O–H groups in total. The number of nitrogens with zero attached hydrogens (tertiary/aromatic N) is 1. The highest BCUT2D eigenvalue weighted by Gasteiger charge is 2.22. The summed E-state index contributed by atoms with van der Waals surface area (Å²) in [7, 11) is 1.72. The summed E-state index contributed by atoms with van der Waals surface area (Å²) in [6.07, 6.45) is 4.60. The summed E-state index contributed by atoms with van der Waals surface area (Å²) in [5.74, 6) is 1.57. The molecule has 2 heterocycles. The van der Waals surface area contributed by atoms with Gasteiger partial charge in [0, 0.05) is 30.2 Å². The van der Waals surface area contributed by atoms with Crippen molar-refractivity contribution in [1.82, 2.24) is 9.88 Å². The van der Waals surface area contributed by atoms with Crippen LogP contribution in [0, 0.1) is 0 Å². The Labute approximate surface area is 119 Å². The number of aromatic nitrogens is 1. The van der Waals surface area contributed by atoms with Gasteiger partial charge in [-0.2, -0.15) is 0 Å². The van der Waals surface area contributed by atoms with E-state index in [0.29, 0.717) is 5.92 Å². The standard InChI is InChI=1S/C16H23N3O/c1-20-13-2-3-16-14(10-13)15(11-18-16)12-4-7-19(8-5-12)9-6-17/h2-3,10-12,18H,4-9,17H2,1H3. The van der Waals surface area contributed by atoms with E-state index in [2.05, 4.69) is 28.2 Å². The largest absolute Gasteiger partial charge is 0.497 e. The lowest BCUT2D eigenvalue weighted by Crippen LogP contribution is -2.36. The normalized spacial score (nSPS) is 17.7. The van der Waals surface area contributed by atoms with Crippen LogP contribution in [-0.4, -0.2) is 43.2 Å². The van der Waals surface area contributed by atoms with E-state index in [4.69, 9.17) is 10.5 Å². The third-order valence-electron chi connectivity index (χ3n) is 4.39. The molecule has 1 fully saturated rings. The fourth-order valence-electron chi connectivity index (χ4n) is 3.24. The van der Waals surface area contributed by atoms with Crippen LogP contribution >= 0.6 is 0 Å². The van der Waals surface area contributed by atoms with Gasteiger partial charge in [0.15, 0.2) is 0 Å². The third-order valence-corrected chi connectivity index (χ3v) is 4.39. The molecule has 1 aliphatic rings. The van der Waals surface area contributed by atoms with Crippen molar-refractivity contribution in [1.29, 1.82) is 0 Å². The van der Waals surface area contributed by atoms with E-state index >= 15 is 0 Å². The summed E-state index contributed by atoms with van der Waals surface area (Å²) in [5.41, 5.74) is 8.27. The molecule has 20 heavy (non-hydrogen) atoms. The van der Waals surface area contributed by atoms with Crippen molar-refractivity contribution >= 4 is 10.9 Å². The number of methoxy groups -OCH3 is 1. The number of hydrogen-bond donors (Lipinski definition) is 2. The smallest absolute Gasteiger partial charge is 0.119 e. The minimum atomic E-state index is 0.643. The molecular weight excluding hydrogens is 250 g/mol. The number of fused-ring (bicyclic) bond motifs is 1. The number of H-pyrrole nitrogens is 1. The Bertz CT molecular complexity index is 570. The number of rotatable bonds is 4. The maximum atomic E-state index is 5.63. The molecule has 0 bridgehead atoms. The van der Waals surface area contributed by atoms with E-state index in [0.717, 1.165) is 31.9 Å². The Balaban J connectivity index is 1.80. The molecule has 0 unspecified atom stereocenters. The molecule has 0 atom stereocenters. The number of likely N-dealkylation sites (tertiary alicyclic amines) is 1. The molecule has 1 aliphatic heterocycles. The van der Waals surface area contributed by atoms with Gasteiger partial charge in [-0.05, 0) is 55.6 Å². The lowest BCUT2D eigenvalue weighted by molar-refractivity contribution is 0.218. The SMILES string of the molecule is COc1ccc2[nH]cc(C3CCN(CCN)CC3)c2c1. The minimum absolute atomic E-state index is 0.643. The maximum Gasteiger partial charge on any atom is 0.119 e. The van der Waals surface area contributed by atoms with E-state index in [1.54, 1.807) is 7.11 Å². The molecule has 0 saturated carbocycles. The number of nitrogens with two attached hydrogens (primary N) is 1. The molecule has 108 valence electrons. The van der Waals surface area contributed by atoms with Gasteiger partial charge < -0.3 is 20.4 Å². The number of piperidine rings is 1. The summed E-state index contributed by atoms with van der Waals surface area (Å²) in [4.78, 5) is 5.85. The van der Waals surface area contributed by atoms with E-state index in [1.807, 2.05) is 6.07 Å². The Kier molecular flexibility index (Phi) is 3.94. The van der Waals surface area contributed by atoms with Crippen LogP contribution in [0.4, 0.5) is 0 Å². The van der Waals surface area contributed by atoms with E-state index < -0.39 is 0 Å². The van der Waals surface area contributed by atoms with Crippen LogP contribution in [0.1, 0.15) is 24.3 Å². The van der Waals surface area contributed by atoms with Crippen molar-refractivity contribution in [3.8, 4) is 5.75 Å². The molecule has 4 nitrogen and oxygen atoms in total. The Morgan fingerprint density at radius 2 is 2.15 bits per heavy atom. The Morgan fingerprint density at radius 3 is 2.85 bits per heavy atom. The molecule has 0 amide bonds. The molecule has 1 aromatic carbocycles. The molecule has 0 aliphatic carbocycles. The molecular formula is C16H23N3O. The van der Waals surface area contributed by atoms with Gasteiger partial charge in [0.1, 0.15) is 5.75 Å². The van der Waals surface area contributed by atoms with Crippen molar-refractivity contribution in [3.63, 3.8) is 0 Å². The van der Waals surface area contributed by atoms with Crippen LogP contribution in [0.3, 0.4) is 0 Å². The molecule has 3 rings (SSSR count). The highest BCUT2D eigenvalue weighted by Crippen LogP contribution is 2.34. The fourth-order valence-corrected chi connectivity index (χ4v) is 3.24.